The lowest BCUT2D eigenvalue weighted by Gasteiger charge is -2.10. The van der Waals surface area contributed by atoms with E-state index in [9.17, 15) is 0 Å². The van der Waals surface area contributed by atoms with Crippen LogP contribution < -0.4 is 10.6 Å². The number of thiocarbonyl (C=S) groups is 1. The van der Waals surface area contributed by atoms with Crippen LogP contribution in [0.3, 0.4) is 0 Å². The predicted octanol–water partition coefficient (Wildman–Crippen LogP) is 1.30. The van der Waals surface area contributed by atoms with E-state index in [1.54, 1.807) is 7.11 Å². The maximum Gasteiger partial charge on any atom is 0.166 e. The summed E-state index contributed by atoms with van der Waals surface area (Å²) in [5.41, 5.74) is 0. The predicted molar refractivity (Wildman–Crippen MR) is 70.8 cm³/mol. The molecule has 5 heteroatoms. The van der Waals surface area contributed by atoms with Gasteiger partial charge in [0, 0.05) is 40.0 Å². The lowest BCUT2D eigenvalue weighted by atomic mass is 10.3. The standard InChI is InChI=1S/C11H24N2O2S/c1-3-15-10-6-8-13-11(16)12-7-4-5-9-14-2/h3-10H2,1-2H3,(H2,12,13,16). The minimum absolute atomic E-state index is 0.730. The number of unbranched alkanes of at least 4 members (excludes halogenated alkanes) is 1. The molecule has 2 N–H and O–H groups in total. The topological polar surface area (TPSA) is 42.5 Å². The van der Waals surface area contributed by atoms with Crippen molar-refractivity contribution >= 4 is 17.3 Å². The van der Waals surface area contributed by atoms with Gasteiger partial charge in [-0.3, -0.25) is 0 Å². The van der Waals surface area contributed by atoms with Gasteiger partial charge >= 0.3 is 0 Å². The molecule has 0 atom stereocenters. The van der Waals surface area contributed by atoms with Crippen LogP contribution >= 0.6 is 12.2 Å². The van der Waals surface area contributed by atoms with Gasteiger partial charge in [-0.15, -0.1) is 0 Å². The summed E-state index contributed by atoms with van der Waals surface area (Å²) in [4.78, 5) is 0. The minimum atomic E-state index is 0.730. The molecule has 0 saturated carbocycles. The van der Waals surface area contributed by atoms with Crippen LogP contribution in [0, 0.1) is 0 Å². The van der Waals surface area contributed by atoms with Crippen molar-refractivity contribution in [2.75, 3.05) is 40.0 Å². The molecule has 0 amide bonds. The summed E-state index contributed by atoms with van der Waals surface area (Å²) in [6.07, 6.45) is 3.13. The van der Waals surface area contributed by atoms with Crippen LogP contribution in [0.2, 0.25) is 0 Å². The van der Waals surface area contributed by atoms with Crippen molar-refractivity contribution in [1.82, 2.24) is 10.6 Å². The van der Waals surface area contributed by atoms with Crippen molar-refractivity contribution < 1.29 is 9.47 Å². The van der Waals surface area contributed by atoms with Crippen molar-refractivity contribution in [3.63, 3.8) is 0 Å². The van der Waals surface area contributed by atoms with Gasteiger partial charge in [-0.05, 0) is 38.4 Å². The summed E-state index contributed by atoms with van der Waals surface area (Å²) < 4.78 is 10.2. The van der Waals surface area contributed by atoms with Gasteiger partial charge in [-0.1, -0.05) is 0 Å². The van der Waals surface area contributed by atoms with Crippen LogP contribution in [-0.2, 0) is 9.47 Å². The normalized spacial score (nSPS) is 10.1. The zero-order valence-corrected chi connectivity index (χ0v) is 11.2. The third kappa shape index (κ3) is 11.7. The van der Waals surface area contributed by atoms with Crippen molar-refractivity contribution in [1.29, 1.82) is 0 Å². The average molecular weight is 248 g/mol. The van der Waals surface area contributed by atoms with E-state index in [1.165, 1.54) is 0 Å². The Hall–Kier alpha value is -0.390. The fourth-order valence-corrected chi connectivity index (χ4v) is 1.36. The first-order valence-corrected chi connectivity index (χ1v) is 6.30. The number of hydrogen-bond donors (Lipinski definition) is 2. The molecule has 0 rings (SSSR count). The molecular weight excluding hydrogens is 224 g/mol. The number of ether oxygens (including phenoxy) is 2. The highest BCUT2D eigenvalue weighted by atomic mass is 32.1. The number of nitrogens with one attached hydrogen (secondary N) is 2. The van der Waals surface area contributed by atoms with E-state index < -0.39 is 0 Å². The molecule has 4 nitrogen and oxygen atoms in total. The number of methoxy groups -OCH3 is 1. The van der Waals surface area contributed by atoms with Gasteiger partial charge in [0.2, 0.25) is 0 Å². The zero-order valence-electron chi connectivity index (χ0n) is 10.4. The Balaban J connectivity index is 3.12. The van der Waals surface area contributed by atoms with E-state index >= 15 is 0 Å². The Kier molecular flexibility index (Phi) is 12.4. The molecule has 96 valence electrons. The van der Waals surface area contributed by atoms with Crippen LogP contribution in [0.4, 0.5) is 0 Å². The Morgan fingerprint density at radius 2 is 1.75 bits per heavy atom. The highest BCUT2D eigenvalue weighted by Crippen LogP contribution is 1.86. The van der Waals surface area contributed by atoms with Gasteiger partial charge in [-0.2, -0.15) is 0 Å². The minimum Gasteiger partial charge on any atom is -0.385 e. The third-order valence-corrected chi connectivity index (χ3v) is 2.30. The molecular formula is C11H24N2O2S. The van der Waals surface area contributed by atoms with Gasteiger partial charge < -0.3 is 20.1 Å². The smallest absolute Gasteiger partial charge is 0.166 e. The van der Waals surface area contributed by atoms with Gasteiger partial charge in [-0.25, -0.2) is 0 Å². The van der Waals surface area contributed by atoms with E-state index in [4.69, 9.17) is 21.7 Å². The van der Waals surface area contributed by atoms with Gasteiger partial charge in [0.05, 0.1) is 0 Å². The molecule has 0 aromatic carbocycles. The lowest BCUT2D eigenvalue weighted by Crippen LogP contribution is -2.36. The van der Waals surface area contributed by atoms with Crippen LogP contribution in [0.5, 0.6) is 0 Å². The summed E-state index contributed by atoms with van der Waals surface area (Å²) in [6.45, 7) is 6.16. The van der Waals surface area contributed by atoms with Crippen molar-refractivity contribution in [2.45, 2.75) is 26.2 Å². The summed E-state index contributed by atoms with van der Waals surface area (Å²) in [5, 5.41) is 7.03. The molecule has 0 aliphatic heterocycles. The van der Waals surface area contributed by atoms with Crippen LogP contribution in [0.15, 0.2) is 0 Å². The van der Waals surface area contributed by atoms with E-state index in [1.807, 2.05) is 6.92 Å². The van der Waals surface area contributed by atoms with Crippen molar-refractivity contribution in [3.05, 3.63) is 0 Å². The van der Waals surface area contributed by atoms with Crippen LogP contribution in [0.25, 0.3) is 0 Å². The quantitative estimate of drug-likeness (QED) is 0.451. The fourth-order valence-electron chi connectivity index (χ4n) is 1.16. The molecule has 0 aliphatic carbocycles. The molecule has 16 heavy (non-hydrogen) atoms. The van der Waals surface area contributed by atoms with Gasteiger partial charge in [0.25, 0.3) is 0 Å². The van der Waals surface area contributed by atoms with E-state index in [0.717, 1.165) is 57.3 Å². The summed E-state index contributed by atoms with van der Waals surface area (Å²) in [7, 11) is 1.72. The second-order valence-corrected chi connectivity index (χ2v) is 3.84. The van der Waals surface area contributed by atoms with E-state index in [-0.39, 0.29) is 0 Å². The molecule has 0 aliphatic rings. The molecule has 0 fully saturated rings. The monoisotopic (exact) mass is 248 g/mol. The summed E-state index contributed by atoms with van der Waals surface area (Å²) in [5.74, 6) is 0. The van der Waals surface area contributed by atoms with Crippen molar-refractivity contribution in [2.24, 2.45) is 0 Å². The molecule has 0 aromatic rings. The number of hydrogen-bond acceptors (Lipinski definition) is 3. The second-order valence-electron chi connectivity index (χ2n) is 3.43. The SMILES string of the molecule is CCOCCCNC(=S)NCCCCOC. The van der Waals surface area contributed by atoms with Gasteiger partial charge in [0.1, 0.15) is 0 Å². The molecule has 0 bridgehead atoms. The highest BCUT2D eigenvalue weighted by molar-refractivity contribution is 7.80. The molecule has 0 heterocycles. The van der Waals surface area contributed by atoms with Gasteiger partial charge in [0.15, 0.2) is 5.11 Å². The second kappa shape index (κ2) is 12.7. The Morgan fingerprint density at radius 1 is 1.06 bits per heavy atom. The Bertz CT molecular complexity index is 152. The number of rotatable bonds is 10. The van der Waals surface area contributed by atoms with Crippen LogP contribution in [0.1, 0.15) is 26.2 Å². The Labute approximate surface area is 104 Å². The summed E-state index contributed by atoms with van der Waals surface area (Å²) in [6, 6.07) is 0. The summed E-state index contributed by atoms with van der Waals surface area (Å²) >= 11 is 5.12. The molecule has 0 aromatic heterocycles. The van der Waals surface area contributed by atoms with Crippen LogP contribution in [-0.4, -0.2) is 45.1 Å². The zero-order chi connectivity index (χ0) is 12.1. The third-order valence-electron chi connectivity index (χ3n) is 2.02. The highest BCUT2D eigenvalue weighted by Gasteiger charge is 1.94. The van der Waals surface area contributed by atoms with E-state index in [2.05, 4.69) is 10.6 Å². The molecule has 0 radical (unpaired) electrons. The van der Waals surface area contributed by atoms with Crippen molar-refractivity contribution in [3.8, 4) is 0 Å². The lowest BCUT2D eigenvalue weighted by molar-refractivity contribution is 0.145. The largest absolute Gasteiger partial charge is 0.385 e. The maximum absolute atomic E-state index is 5.22. The first-order valence-electron chi connectivity index (χ1n) is 5.89. The Morgan fingerprint density at radius 3 is 2.38 bits per heavy atom. The van der Waals surface area contributed by atoms with E-state index in [0.29, 0.717) is 0 Å². The molecule has 0 saturated heterocycles. The first-order chi connectivity index (χ1) is 7.81. The first kappa shape index (κ1) is 15.6. The molecule has 0 spiro atoms. The maximum atomic E-state index is 5.22. The average Bonchev–Trinajstić information content (AvgIpc) is 2.28. The fraction of sp³-hybridized carbons (Fsp3) is 0.909. The molecule has 0 unspecified atom stereocenters.